The molecule has 2 aromatic rings. The highest BCUT2D eigenvalue weighted by Crippen LogP contribution is 2.23. The number of carbonyl (C=O) groups is 1. The average molecular weight is 286 g/mol. The standard InChI is InChI=1S/C15H18N4O2/c1-21-14-5-3-2-4-13(14)18-15(20)17-11-7-9-19-12(10-11)6-8-16-19/h2-6,8,11H,7,9-10H2,1H3,(H2,17,18,20). The lowest BCUT2D eigenvalue weighted by atomic mass is 10.0. The van der Waals surface area contributed by atoms with Crippen LogP contribution in [-0.4, -0.2) is 29.0 Å². The third-order valence-electron chi connectivity index (χ3n) is 3.64. The first-order chi connectivity index (χ1) is 10.3. The fourth-order valence-corrected chi connectivity index (χ4v) is 2.58. The van der Waals surface area contributed by atoms with E-state index in [0.29, 0.717) is 11.4 Å². The van der Waals surface area contributed by atoms with Crippen molar-refractivity contribution in [2.45, 2.75) is 25.4 Å². The SMILES string of the molecule is COc1ccccc1NC(=O)NC1CCn2nccc2C1. The van der Waals surface area contributed by atoms with Crippen LogP contribution in [0.15, 0.2) is 36.5 Å². The largest absolute Gasteiger partial charge is 0.495 e. The molecule has 0 aliphatic carbocycles. The minimum atomic E-state index is -0.211. The Morgan fingerprint density at radius 1 is 1.38 bits per heavy atom. The molecule has 110 valence electrons. The molecule has 1 atom stereocenters. The van der Waals surface area contributed by atoms with E-state index in [-0.39, 0.29) is 12.1 Å². The van der Waals surface area contributed by atoms with Crippen molar-refractivity contribution in [1.82, 2.24) is 15.1 Å². The van der Waals surface area contributed by atoms with Gasteiger partial charge in [0.25, 0.3) is 0 Å². The fraction of sp³-hybridized carbons (Fsp3) is 0.333. The number of rotatable bonds is 3. The summed E-state index contributed by atoms with van der Waals surface area (Å²) in [6.45, 7) is 0.835. The van der Waals surface area contributed by atoms with E-state index in [1.807, 2.05) is 35.0 Å². The molecule has 6 heteroatoms. The van der Waals surface area contributed by atoms with Gasteiger partial charge in [0.05, 0.1) is 12.8 Å². The molecule has 1 aromatic heterocycles. The van der Waals surface area contributed by atoms with Gasteiger partial charge in [-0.05, 0) is 24.6 Å². The van der Waals surface area contributed by atoms with Crippen LogP contribution in [0.3, 0.4) is 0 Å². The van der Waals surface area contributed by atoms with Crippen molar-refractivity contribution in [2.24, 2.45) is 0 Å². The lowest BCUT2D eigenvalue weighted by molar-refractivity contribution is 0.245. The van der Waals surface area contributed by atoms with Crippen LogP contribution in [0.5, 0.6) is 5.75 Å². The van der Waals surface area contributed by atoms with Crippen molar-refractivity contribution in [1.29, 1.82) is 0 Å². The Bertz CT molecular complexity index is 638. The van der Waals surface area contributed by atoms with Gasteiger partial charge in [0.2, 0.25) is 0 Å². The van der Waals surface area contributed by atoms with Crippen molar-refractivity contribution in [3.63, 3.8) is 0 Å². The average Bonchev–Trinajstić information content (AvgIpc) is 2.95. The molecule has 0 radical (unpaired) electrons. The van der Waals surface area contributed by atoms with Gasteiger partial charge in [-0.3, -0.25) is 4.68 Å². The molecular formula is C15H18N4O2. The van der Waals surface area contributed by atoms with Crippen LogP contribution >= 0.6 is 0 Å². The van der Waals surface area contributed by atoms with Gasteiger partial charge in [-0.2, -0.15) is 5.10 Å². The predicted octanol–water partition coefficient (Wildman–Crippen LogP) is 2.03. The van der Waals surface area contributed by atoms with Crippen LogP contribution in [0, 0.1) is 0 Å². The summed E-state index contributed by atoms with van der Waals surface area (Å²) in [5.74, 6) is 0.648. The van der Waals surface area contributed by atoms with Crippen LogP contribution in [-0.2, 0) is 13.0 Å². The van der Waals surface area contributed by atoms with Gasteiger partial charge >= 0.3 is 6.03 Å². The number of carbonyl (C=O) groups excluding carboxylic acids is 1. The Morgan fingerprint density at radius 3 is 3.10 bits per heavy atom. The van der Waals surface area contributed by atoms with E-state index in [4.69, 9.17) is 4.74 Å². The number of urea groups is 1. The van der Waals surface area contributed by atoms with Gasteiger partial charge in [-0.15, -0.1) is 0 Å². The van der Waals surface area contributed by atoms with Crippen LogP contribution in [0.25, 0.3) is 0 Å². The zero-order chi connectivity index (χ0) is 14.7. The van der Waals surface area contributed by atoms with E-state index in [9.17, 15) is 4.79 Å². The maximum Gasteiger partial charge on any atom is 0.319 e. The summed E-state index contributed by atoms with van der Waals surface area (Å²) in [5, 5.41) is 10.1. The quantitative estimate of drug-likeness (QED) is 0.907. The minimum absolute atomic E-state index is 0.129. The second-order valence-electron chi connectivity index (χ2n) is 5.03. The maximum atomic E-state index is 12.1. The number of aryl methyl sites for hydroxylation is 1. The van der Waals surface area contributed by atoms with E-state index >= 15 is 0 Å². The first-order valence-electron chi connectivity index (χ1n) is 6.97. The fourth-order valence-electron chi connectivity index (χ4n) is 2.58. The molecule has 1 unspecified atom stereocenters. The molecule has 21 heavy (non-hydrogen) atoms. The van der Waals surface area contributed by atoms with Gasteiger partial charge in [-0.1, -0.05) is 12.1 Å². The number of hydrogen-bond acceptors (Lipinski definition) is 3. The van der Waals surface area contributed by atoms with Gasteiger partial charge in [0, 0.05) is 30.9 Å². The first-order valence-corrected chi connectivity index (χ1v) is 6.97. The van der Waals surface area contributed by atoms with E-state index < -0.39 is 0 Å². The summed E-state index contributed by atoms with van der Waals surface area (Å²) in [7, 11) is 1.58. The van der Waals surface area contributed by atoms with E-state index in [1.54, 1.807) is 13.3 Å². The number of hydrogen-bond donors (Lipinski definition) is 2. The number of amides is 2. The minimum Gasteiger partial charge on any atom is -0.495 e. The topological polar surface area (TPSA) is 68.2 Å². The number of benzene rings is 1. The molecule has 2 heterocycles. The van der Waals surface area contributed by atoms with E-state index in [2.05, 4.69) is 15.7 Å². The van der Waals surface area contributed by atoms with Gasteiger partial charge in [-0.25, -0.2) is 4.79 Å². The molecule has 3 rings (SSSR count). The van der Waals surface area contributed by atoms with Gasteiger partial charge in [0.1, 0.15) is 5.75 Å². The molecule has 1 aliphatic heterocycles. The van der Waals surface area contributed by atoms with Gasteiger partial charge < -0.3 is 15.4 Å². The number of methoxy groups -OCH3 is 1. The van der Waals surface area contributed by atoms with E-state index in [1.165, 1.54) is 0 Å². The molecule has 0 spiro atoms. The van der Waals surface area contributed by atoms with Crippen molar-refractivity contribution in [2.75, 3.05) is 12.4 Å². The van der Waals surface area contributed by atoms with Gasteiger partial charge in [0.15, 0.2) is 0 Å². The maximum absolute atomic E-state index is 12.1. The van der Waals surface area contributed by atoms with Crippen LogP contribution < -0.4 is 15.4 Å². The van der Waals surface area contributed by atoms with E-state index in [0.717, 1.165) is 25.1 Å². The Balaban J connectivity index is 1.60. The van der Waals surface area contributed by atoms with Crippen LogP contribution in [0.4, 0.5) is 10.5 Å². The number of aromatic nitrogens is 2. The van der Waals surface area contributed by atoms with Crippen LogP contribution in [0.2, 0.25) is 0 Å². The molecule has 6 nitrogen and oxygen atoms in total. The summed E-state index contributed by atoms with van der Waals surface area (Å²) in [4.78, 5) is 12.1. The summed E-state index contributed by atoms with van der Waals surface area (Å²) in [6, 6.07) is 9.26. The summed E-state index contributed by atoms with van der Waals surface area (Å²) in [6.07, 6.45) is 3.49. The number of anilines is 1. The second-order valence-corrected chi connectivity index (χ2v) is 5.03. The third kappa shape index (κ3) is 2.99. The number of nitrogens with one attached hydrogen (secondary N) is 2. The van der Waals surface area contributed by atoms with Crippen molar-refractivity contribution in [3.8, 4) is 5.75 Å². The van der Waals surface area contributed by atoms with Crippen LogP contribution in [0.1, 0.15) is 12.1 Å². The van der Waals surface area contributed by atoms with Crippen molar-refractivity contribution >= 4 is 11.7 Å². The molecule has 1 aromatic carbocycles. The Hall–Kier alpha value is -2.50. The molecule has 0 saturated heterocycles. The van der Waals surface area contributed by atoms with Crippen molar-refractivity contribution in [3.05, 3.63) is 42.2 Å². The molecule has 2 N–H and O–H groups in total. The highest BCUT2D eigenvalue weighted by molar-refractivity contribution is 5.91. The molecular weight excluding hydrogens is 268 g/mol. The third-order valence-corrected chi connectivity index (χ3v) is 3.64. The predicted molar refractivity (Wildman–Crippen MR) is 79.5 cm³/mol. The monoisotopic (exact) mass is 286 g/mol. The first kappa shape index (κ1) is 13.5. The van der Waals surface area contributed by atoms with Crippen molar-refractivity contribution < 1.29 is 9.53 Å². The molecule has 0 bridgehead atoms. The summed E-state index contributed by atoms with van der Waals surface area (Å²) in [5.41, 5.74) is 1.82. The molecule has 2 amide bonds. The lowest BCUT2D eigenvalue weighted by Gasteiger charge is -2.24. The number of para-hydroxylation sites is 2. The zero-order valence-corrected chi connectivity index (χ0v) is 11.9. The Kier molecular flexibility index (Phi) is 3.77. The summed E-state index contributed by atoms with van der Waals surface area (Å²) >= 11 is 0. The molecule has 0 fully saturated rings. The Labute approximate surface area is 123 Å². The highest BCUT2D eigenvalue weighted by atomic mass is 16.5. The molecule has 0 saturated carbocycles. The normalized spacial score (nSPS) is 16.9. The number of ether oxygens (including phenoxy) is 1. The number of fused-ring (bicyclic) bond motifs is 1. The number of nitrogens with zero attached hydrogens (tertiary/aromatic N) is 2. The Morgan fingerprint density at radius 2 is 2.24 bits per heavy atom. The lowest BCUT2D eigenvalue weighted by Crippen LogP contribution is -2.42. The molecule has 1 aliphatic rings. The summed E-state index contributed by atoms with van der Waals surface area (Å²) < 4.78 is 7.20. The second kappa shape index (κ2) is 5.87. The zero-order valence-electron chi connectivity index (χ0n) is 11.9. The highest BCUT2D eigenvalue weighted by Gasteiger charge is 2.20. The smallest absolute Gasteiger partial charge is 0.319 e.